The Labute approximate surface area is 471 Å². The van der Waals surface area contributed by atoms with Crippen LogP contribution in [0.5, 0.6) is 0 Å². The van der Waals surface area contributed by atoms with Crippen LogP contribution in [0.25, 0.3) is 0 Å². The standard InChI is InChI=1S/C70H122O6/c1-4-7-10-13-16-19-22-25-28-31-33-34-35-36-38-39-42-45-48-51-54-57-60-63-69(72)75-66-67(65-74-68(71)62-59-56-53-50-47-44-41-30-27-24-21-18-15-12-9-6-3)76-70(73)64-61-58-55-52-49-46-43-40-37-32-29-26-23-20-17-14-11-8-5-2/h8,11,17,20-21,24,26,29-30,37,40-41,46,49,67H,4-7,9-10,12-16,18-19,22-23,25,27-28,31-36,38-39,42-45,47-48,50-66H2,1-3H3/b11-8-,20-17-,24-21-,29-26-,40-37-,41-30-,49-46-. The van der Waals surface area contributed by atoms with Crippen LogP contribution in [-0.2, 0) is 28.6 Å². The average molecular weight is 1060 g/mol. The number of unbranched alkanes of at least 4 members (excludes halogenated alkanes) is 34. The van der Waals surface area contributed by atoms with Gasteiger partial charge in [-0.05, 0) is 96.3 Å². The van der Waals surface area contributed by atoms with Gasteiger partial charge in [-0.3, -0.25) is 14.4 Å². The van der Waals surface area contributed by atoms with Crippen LogP contribution in [0, 0.1) is 0 Å². The third-order valence-corrected chi connectivity index (χ3v) is 14.1. The second-order valence-corrected chi connectivity index (χ2v) is 21.6. The summed E-state index contributed by atoms with van der Waals surface area (Å²) in [6.07, 6.45) is 84.5. The largest absolute Gasteiger partial charge is 0.462 e. The lowest BCUT2D eigenvalue weighted by molar-refractivity contribution is -0.167. The molecule has 0 aromatic heterocycles. The molecule has 0 aromatic carbocycles. The molecule has 0 N–H and O–H groups in total. The smallest absolute Gasteiger partial charge is 0.306 e. The quantitative estimate of drug-likeness (QED) is 0.0261. The van der Waals surface area contributed by atoms with E-state index in [0.717, 1.165) is 122 Å². The maximum Gasteiger partial charge on any atom is 0.306 e. The molecule has 0 aromatic rings. The molecule has 1 atom stereocenters. The fraction of sp³-hybridized carbons (Fsp3) is 0.757. The van der Waals surface area contributed by atoms with Crippen molar-refractivity contribution in [2.45, 2.75) is 329 Å². The number of hydrogen-bond donors (Lipinski definition) is 0. The molecule has 6 nitrogen and oxygen atoms in total. The van der Waals surface area contributed by atoms with E-state index in [1.54, 1.807) is 0 Å². The second-order valence-electron chi connectivity index (χ2n) is 21.6. The molecule has 0 amide bonds. The van der Waals surface area contributed by atoms with Crippen LogP contribution in [0.4, 0.5) is 0 Å². The van der Waals surface area contributed by atoms with Crippen molar-refractivity contribution in [1.82, 2.24) is 0 Å². The molecule has 0 rings (SSSR count). The van der Waals surface area contributed by atoms with E-state index >= 15 is 0 Å². The topological polar surface area (TPSA) is 78.9 Å². The Morgan fingerprint density at radius 2 is 0.513 bits per heavy atom. The van der Waals surface area contributed by atoms with E-state index in [-0.39, 0.29) is 37.5 Å². The van der Waals surface area contributed by atoms with Crippen molar-refractivity contribution in [3.05, 3.63) is 85.1 Å². The minimum absolute atomic E-state index is 0.0922. The maximum absolute atomic E-state index is 12.9. The fourth-order valence-electron chi connectivity index (χ4n) is 9.27. The van der Waals surface area contributed by atoms with Crippen LogP contribution in [0.3, 0.4) is 0 Å². The number of rotatable bonds is 59. The number of ether oxygens (including phenoxy) is 3. The summed E-state index contributed by atoms with van der Waals surface area (Å²) >= 11 is 0. The summed E-state index contributed by atoms with van der Waals surface area (Å²) in [6.45, 7) is 6.51. The van der Waals surface area contributed by atoms with Crippen LogP contribution in [-0.4, -0.2) is 37.2 Å². The van der Waals surface area contributed by atoms with Crippen molar-refractivity contribution in [1.29, 1.82) is 0 Å². The molecule has 0 saturated carbocycles. The molecule has 1 unspecified atom stereocenters. The molecule has 76 heavy (non-hydrogen) atoms. The first-order chi connectivity index (χ1) is 37.5. The molecule has 0 aliphatic rings. The second kappa shape index (κ2) is 64.1. The normalized spacial score (nSPS) is 12.6. The van der Waals surface area contributed by atoms with Crippen molar-refractivity contribution in [2.24, 2.45) is 0 Å². The van der Waals surface area contributed by atoms with E-state index < -0.39 is 6.10 Å². The zero-order valence-corrected chi connectivity index (χ0v) is 50.3. The first-order valence-corrected chi connectivity index (χ1v) is 32.6. The average Bonchev–Trinajstić information content (AvgIpc) is 3.42. The van der Waals surface area contributed by atoms with Crippen LogP contribution in [0.1, 0.15) is 323 Å². The number of carbonyl (C=O) groups is 3. The molecule has 6 heteroatoms. The summed E-state index contributed by atoms with van der Waals surface area (Å²) in [7, 11) is 0. The van der Waals surface area contributed by atoms with E-state index in [1.807, 2.05) is 0 Å². The van der Waals surface area contributed by atoms with E-state index in [4.69, 9.17) is 14.2 Å². The lowest BCUT2D eigenvalue weighted by Crippen LogP contribution is -2.30. The summed E-state index contributed by atoms with van der Waals surface area (Å²) in [4.78, 5) is 38.3. The van der Waals surface area contributed by atoms with Crippen LogP contribution in [0.15, 0.2) is 85.1 Å². The van der Waals surface area contributed by atoms with Crippen molar-refractivity contribution in [3.8, 4) is 0 Å². The van der Waals surface area contributed by atoms with Gasteiger partial charge < -0.3 is 14.2 Å². The Hall–Kier alpha value is -3.41. The summed E-state index contributed by atoms with van der Waals surface area (Å²) in [5.74, 6) is -0.925. The van der Waals surface area contributed by atoms with E-state index in [9.17, 15) is 14.4 Å². The van der Waals surface area contributed by atoms with Crippen molar-refractivity contribution in [2.75, 3.05) is 13.2 Å². The number of carbonyl (C=O) groups excluding carboxylic acids is 3. The molecule has 0 bridgehead atoms. The maximum atomic E-state index is 12.9. The Bertz CT molecular complexity index is 1450. The predicted octanol–water partition coefficient (Wildman–Crippen LogP) is 22.3. The minimum Gasteiger partial charge on any atom is -0.462 e. The van der Waals surface area contributed by atoms with Crippen molar-refractivity contribution < 1.29 is 28.6 Å². The van der Waals surface area contributed by atoms with Gasteiger partial charge in [-0.2, -0.15) is 0 Å². The van der Waals surface area contributed by atoms with Crippen LogP contribution >= 0.6 is 0 Å². The van der Waals surface area contributed by atoms with Gasteiger partial charge in [0, 0.05) is 19.3 Å². The highest BCUT2D eigenvalue weighted by Crippen LogP contribution is 2.17. The van der Waals surface area contributed by atoms with Crippen molar-refractivity contribution in [3.63, 3.8) is 0 Å². The Morgan fingerprint density at radius 1 is 0.276 bits per heavy atom. The Balaban J connectivity index is 4.39. The lowest BCUT2D eigenvalue weighted by Gasteiger charge is -2.18. The zero-order valence-electron chi connectivity index (χ0n) is 50.3. The Morgan fingerprint density at radius 3 is 0.829 bits per heavy atom. The molecule has 0 radical (unpaired) electrons. The highest BCUT2D eigenvalue weighted by molar-refractivity contribution is 5.71. The predicted molar refractivity (Wildman–Crippen MR) is 330 cm³/mol. The minimum atomic E-state index is -0.801. The van der Waals surface area contributed by atoms with E-state index in [2.05, 4.69) is 106 Å². The van der Waals surface area contributed by atoms with Crippen LogP contribution in [0.2, 0.25) is 0 Å². The van der Waals surface area contributed by atoms with Gasteiger partial charge in [0.05, 0.1) is 0 Å². The van der Waals surface area contributed by atoms with Gasteiger partial charge in [-0.25, -0.2) is 0 Å². The summed E-state index contributed by atoms with van der Waals surface area (Å²) in [5, 5.41) is 0. The van der Waals surface area contributed by atoms with Gasteiger partial charge in [0.2, 0.25) is 0 Å². The van der Waals surface area contributed by atoms with Gasteiger partial charge in [-0.15, -0.1) is 0 Å². The number of esters is 3. The number of allylic oxidation sites excluding steroid dienone is 14. The van der Waals surface area contributed by atoms with Crippen LogP contribution < -0.4 is 0 Å². The Kier molecular flexibility index (Phi) is 61.2. The zero-order chi connectivity index (χ0) is 55.0. The molecule has 0 heterocycles. The molecule has 0 saturated heterocycles. The summed E-state index contributed by atoms with van der Waals surface area (Å²) in [5.41, 5.74) is 0. The monoisotopic (exact) mass is 1060 g/mol. The summed E-state index contributed by atoms with van der Waals surface area (Å²) < 4.78 is 16.9. The number of hydrogen-bond acceptors (Lipinski definition) is 6. The third kappa shape index (κ3) is 61.4. The van der Waals surface area contributed by atoms with Crippen molar-refractivity contribution >= 4 is 17.9 Å². The third-order valence-electron chi connectivity index (χ3n) is 14.1. The lowest BCUT2D eigenvalue weighted by atomic mass is 10.0. The highest BCUT2D eigenvalue weighted by atomic mass is 16.6. The van der Waals surface area contributed by atoms with Gasteiger partial charge in [-0.1, -0.05) is 292 Å². The molecular formula is C70H122O6. The van der Waals surface area contributed by atoms with Gasteiger partial charge in [0.25, 0.3) is 0 Å². The molecule has 0 fully saturated rings. The molecule has 438 valence electrons. The van der Waals surface area contributed by atoms with E-state index in [0.29, 0.717) is 12.8 Å². The fourth-order valence-corrected chi connectivity index (χ4v) is 9.27. The van der Waals surface area contributed by atoms with Gasteiger partial charge in [0.1, 0.15) is 13.2 Å². The van der Waals surface area contributed by atoms with Gasteiger partial charge in [0.15, 0.2) is 6.10 Å². The first-order valence-electron chi connectivity index (χ1n) is 32.6. The van der Waals surface area contributed by atoms with Gasteiger partial charge >= 0.3 is 17.9 Å². The highest BCUT2D eigenvalue weighted by Gasteiger charge is 2.19. The molecule has 0 spiro atoms. The van der Waals surface area contributed by atoms with E-state index in [1.165, 1.54) is 161 Å². The molecular weight excluding hydrogens is 937 g/mol. The SMILES string of the molecule is CC/C=C\C/C=C\C/C=C\C/C=C\C/C=C\CCCCCC(=O)OC(COC(=O)CCCCCCC/C=C\C/C=C\CCCCCC)COC(=O)CCCCCCCCCCCCCCCCCCCCCCCCC. The molecule has 0 aliphatic carbocycles. The molecule has 0 aliphatic heterocycles. The summed E-state index contributed by atoms with van der Waals surface area (Å²) in [6, 6.07) is 0. The first kappa shape index (κ1) is 72.6.